The smallest absolute Gasteiger partial charge is 0.251 e. The van der Waals surface area contributed by atoms with Crippen molar-refractivity contribution in [1.82, 2.24) is 20.8 Å². The molecule has 1 aliphatic carbocycles. The van der Waals surface area contributed by atoms with Gasteiger partial charge in [-0.05, 0) is 23.6 Å². The van der Waals surface area contributed by atoms with Crippen LogP contribution in [0.5, 0.6) is 0 Å². The zero-order valence-electron chi connectivity index (χ0n) is 19.6. The fourth-order valence-electron chi connectivity index (χ4n) is 5.30. The van der Waals surface area contributed by atoms with Crippen molar-refractivity contribution in [2.75, 3.05) is 13.1 Å². The van der Waals surface area contributed by atoms with Gasteiger partial charge in [-0.1, -0.05) is 12.1 Å². The average Bonchev–Trinajstić information content (AvgIpc) is 3.53. The predicted octanol–water partition coefficient (Wildman–Crippen LogP) is 0.581. The Labute approximate surface area is 208 Å². The van der Waals surface area contributed by atoms with Gasteiger partial charge in [-0.25, -0.2) is 8.78 Å². The molecule has 0 aromatic heterocycles. The van der Waals surface area contributed by atoms with Gasteiger partial charge in [0.15, 0.2) is 13.8 Å². The molecule has 4 atom stereocenters. The van der Waals surface area contributed by atoms with E-state index in [1.165, 1.54) is 0 Å². The zero-order valence-corrected chi connectivity index (χ0v) is 19.6. The van der Waals surface area contributed by atoms with Gasteiger partial charge in [-0.15, -0.1) is 0 Å². The van der Waals surface area contributed by atoms with Crippen LogP contribution in [0.3, 0.4) is 0 Å². The topological polar surface area (TPSA) is 131 Å². The van der Waals surface area contributed by atoms with Crippen LogP contribution in [0.1, 0.15) is 47.2 Å². The lowest BCUT2D eigenvalue weighted by Crippen LogP contribution is -2.38. The van der Waals surface area contributed by atoms with E-state index in [-0.39, 0.29) is 37.7 Å². The molecule has 1 aromatic carbocycles. The van der Waals surface area contributed by atoms with Crippen LogP contribution in [0.25, 0.3) is 0 Å². The fraction of sp³-hybridized carbons (Fsp3) is 0.542. The Hall–Kier alpha value is -3.33. The molecule has 3 aliphatic rings. The van der Waals surface area contributed by atoms with Crippen LogP contribution in [0.2, 0.25) is 0 Å². The highest BCUT2D eigenvalue weighted by atomic mass is 19.3. The summed E-state index contributed by atoms with van der Waals surface area (Å²) in [6, 6.07) is 6.06. The quantitative estimate of drug-likeness (QED) is 0.356. The van der Waals surface area contributed by atoms with Crippen LogP contribution < -0.4 is 15.9 Å². The molecule has 9 nitrogen and oxygen atoms in total. The molecule has 3 N–H and O–H groups in total. The third-order valence-corrected chi connectivity index (χ3v) is 7.16. The third kappa shape index (κ3) is 5.26. The molecule has 36 heavy (non-hydrogen) atoms. The number of rotatable bonds is 8. The SMILES string of the molecule is [B]NCCNC(=O)c1cccc2c1CN(C(=O)C[C@@H]1C[C@@H](C(=O)C3CC(F)(F)C[C@H]3C#N)NC1=O)C2. The highest BCUT2D eigenvalue weighted by molar-refractivity contribution is 6.04. The number of benzene rings is 1. The molecular weight excluding hydrogens is 471 g/mol. The van der Waals surface area contributed by atoms with E-state index >= 15 is 0 Å². The summed E-state index contributed by atoms with van der Waals surface area (Å²) in [6.45, 7) is 1.24. The van der Waals surface area contributed by atoms with Gasteiger partial charge in [-0.2, -0.15) is 5.26 Å². The first-order valence-corrected chi connectivity index (χ1v) is 11.8. The minimum Gasteiger partial charge on any atom is -0.365 e. The van der Waals surface area contributed by atoms with Crippen molar-refractivity contribution in [3.63, 3.8) is 0 Å². The second-order valence-electron chi connectivity index (χ2n) is 9.61. The zero-order chi connectivity index (χ0) is 26.0. The monoisotopic (exact) mass is 497 g/mol. The van der Waals surface area contributed by atoms with E-state index in [0.29, 0.717) is 18.7 Å². The molecule has 188 valence electrons. The third-order valence-electron chi connectivity index (χ3n) is 7.16. The molecule has 0 spiro atoms. The highest BCUT2D eigenvalue weighted by Crippen LogP contribution is 2.44. The Morgan fingerprint density at radius 1 is 1.22 bits per heavy atom. The van der Waals surface area contributed by atoms with Gasteiger partial charge in [0, 0.05) is 62.8 Å². The van der Waals surface area contributed by atoms with Crippen LogP contribution in [-0.2, 0) is 27.5 Å². The number of halogens is 2. The minimum atomic E-state index is -3.08. The average molecular weight is 497 g/mol. The largest absolute Gasteiger partial charge is 0.365 e. The van der Waals surface area contributed by atoms with Crippen LogP contribution in [0.15, 0.2) is 18.2 Å². The van der Waals surface area contributed by atoms with E-state index < -0.39 is 54.3 Å². The Balaban J connectivity index is 1.36. The van der Waals surface area contributed by atoms with Gasteiger partial charge in [0.2, 0.25) is 17.7 Å². The van der Waals surface area contributed by atoms with E-state index in [0.717, 1.165) is 11.1 Å². The number of alkyl halides is 2. The van der Waals surface area contributed by atoms with Crippen molar-refractivity contribution >= 4 is 31.5 Å². The number of nitriles is 1. The first-order chi connectivity index (χ1) is 17.1. The maximum atomic E-state index is 13.8. The lowest BCUT2D eigenvalue weighted by Gasteiger charge is -2.18. The van der Waals surface area contributed by atoms with Crippen LogP contribution in [0.4, 0.5) is 8.78 Å². The Bertz CT molecular complexity index is 1120. The summed E-state index contributed by atoms with van der Waals surface area (Å²) in [4.78, 5) is 52.5. The van der Waals surface area contributed by atoms with Gasteiger partial charge in [0.25, 0.3) is 5.91 Å². The number of Topliss-reactive ketones (excluding diaryl/α,β-unsaturated/α-hetero) is 1. The van der Waals surface area contributed by atoms with E-state index in [2.05, 4.69) is 15.9 Å². The molecule has 1 saturated carbocycles. The first kappa shape index (κ1) is 25.8. The maximum absolute atomic E-state index is 13.8. The molecular formula is C24H26BF2N5O4. The van der Waals surface area contributed by atoms with Crippen LogP contribution in [-0.4, -0.2) is 61.4 Å². The summed E-state index contributed by atoms with van der Waals surface area (Å²) in [5.41, 5.74) is 2.03. The molecule has 2 heterocycles. The number of amides is 3. The molecule has 2 radical (unpaired) electrons. The van der Waals surface area contributed by atoms with Gasteiger partial charge < -0.3 is 20.8 Å². The highest BCUT2D eigenvalue weighted by Gasteiger charge is 2.52. The molecule has 0 bridgehead atoms. The van der Waals surface area contributed by atoms with Gasteiger partial charge in [0.1, 0.15) is 0 Å². The van der Waals surface area contributed by atoms with E-state index in [9.17, 15) is 33.2 Å². The Morgan fingerprint density at radius 2 is 2.00 bits per heavy atom. The molecule has 3 amide bonds. The predicted molar refractivity (Wildman–Crippen MR) is 123 cm³/mol. The number of carbonyl (C=O) groups excluding carboxylic acids is 4. The molecule has 1 saturated heterocycles. The van der Waals surface area contributed by atoms with Crippen molar-refractivity contribution in [2.45, 2.75) is 50.7 Å². The first-order valence-electron chi connectivity index (χ1n) is 11.8. The molecule has 12 heteroatoms. The van der Waals surface area contributed by atoms with Crippen molar-refractivity contribution in [3.05, 3.63) is 34.9 Å². The van der Waals surface area contributed by atoms with Gasteiger partial charge >= 0.3 is 0 Å². The van der Waals surface area contributed by atoms with Crippen LogP contribution in [0, 0.1) is 29.1 Å². The molecule has 1 aromatic rings. The van der Waals surface area contributed by atoms with E-state index in [4.69, 9.17) is 7.98 Å². The summed E-state index contributed by atoms with van der Waals surface area (Å²) < 4.78 is 27.5. The summed E-state index contributed by atoms with van der Waals surface area (Å²) in [6.07, 6.45) is -1.49. The lowest BCUT2D eigenvalue weighted by molar-refractivity contribution is -0.135. The number of hydrogen-bond acceptors (Lipinski definition) is 6. The number of carbonyl (C=O) groups is 4. The number of ketones is 1. The van der Waals surface area contributed by atoms with Gasteiger partial charge in [-0.3, -0.25) is 19.2 Å². The standard InChI is InChI=1S/C24H26BF2N5O4/c25-30-5-4-29-23(36)16-3-1-2-13-11-32(12-18(13)16)20(33)7-14-6-19(31-22(14)35)21(34)17-9-24(26,27)8-15(17)10-28/h1-3,14-15,17,19,30H,4-9,11-12H2,(H,29,36)(H,31,35)/t14-,15-,17?,19-/m0/s1. The van der Waals surface area contributed by atoms with Crippen LogP contribution >= 0.6 is 0 Å². The minimum absolute atomic E-state index is 0.0211. The molecule has 1 unspecified atom stereocenters. The lowest BCUT2D eigenvalue weighted by atomic mass is 9.87. The Morgan fingerprint density at radius 3 is 2.72 bits per heavy atom. The summed E-state index contributed by atoms with van der Waals surface area (Å²) >= 11 is 0. The summed E-state index contributed by atoms with van der Waals surface area (Å²) in [7, 11) is 5.22. The second-order valence-corrected chi connectivity index (χ2v) is 9.61. The maximum Gasteiger partial charge on any atom is 0.251 e. The van der Waals surface area contributed by atoms with E-state index in [1.807, 2.05) is 6.07 Å². The number of fused-ring (bicyclic) bond motifs is 1. The van der Waals surface area contributed by atoms with E-state index in [1.54, 1.807) is 23.1 Å². The van der Waals surface area contributed by atoms with Crippen molar-refractivity contribution in [3.8, 4) is 6.07 Å². The number of nitrogens with one attached hydrogen (secondary N) is 3. The second kappa shape index (κ2) is 10.3. The molecule has 2 aliphatic heterocycles. The van der Waals surface area contributed by atoms with Gasteiger partial charge in [0.05, 0.1) is 18.0 Å². The molecule has 2 fully saturated rings. The fourth-order valence-corrected chi connectivity index (χ4v) is 5.30. The van der Waals surface area contributed by atoms with Crippen molar-refractivity contribution in [2.24, 2.45) is 17.8 Å². The van der Waals surface area contributed by atoms with Crippen molar-refractivity contribution < 1.29 is 28.0 Å². The summed E-state index contributed by atoms with van der Waals surface area (Å²) in [5, 5.41) is 16.9. The number of nitrogens with zero attached hydrogens (tertiary/aromatic N) is 2. The number of hydrogen-bond donors (Lipinski definition) is 3. The van der Waals surface area contributed by atoms with Crippen molar-refractivity contribution in [1.29, 1.82) is 5.26 Å². The summed E-state index contributed by atoms with van der Waals surface area (Å²) in [5.74, 6) is -7.72. The Kier molecular flexibility index (Phi) is 7.40. The normalized spacial score (nSPS) is 26.2. The molecule has 4 rings (SSSR count).